The van der Waals surface area contributed by atoms with Crippen molar-refractivity contribution in [1.29, 1.82) is 0 Å². The predicted octanol–water partition coefficient (Wildman–Crippen LogP) is 3.22. The van der Waals surface area contributed by atoms with Crippen LogP contribution < -0.4 is 5.32 Å². The molecule has 1 fully saturated rings. The van der Waals surface area contributed by atoms with Crippen LogP contribution in [0.2, 0.25) is 0 Å². The van der Waals surface area contributed by atoms with Crippen LogP contribution in [0.1, 0.15) is 52.9 Å². The maximum absolute atomic E-state index is 5.56. The third-order valence-electron chi connectivity index (χ3n) is 3.50. The zero-order valence-corrected chi connectivity index (χ0v) is 11.3. The fourth-order valence-electron chi connectivity index (χ4n) is 2.80. The van der Waals surface area contributed by atoms with E-state index in [1.165, 1.54) is 32.1 Å². The van der Waals surface area contributed by atoms with Gasteiger partial charge in [-0.2, -0.15) is 0 Å². The van der Waals surface area contributed by atoms with E-state index >= 15 is 0 Å². The summed E-state index contributed by atoms with van der Waals surface area (Å²) in [5, 5.41) is 3.63. The molecule has 1 aliphatic rings. The highest BCUT2D eigenvalue weighted by molar-refractivity contribution is 4.79. The molecule has 2 atom stereocenters. The van der Waals surface area contributed by atoms with Gasteiger partial charge in [0.05, 0.1) is 6.61 Å². The Kier molecular flexibility index (Phi) is 7.06. The maximum Gasteiger partial charge on any atom is 0.0590 e. The van der Waals surface area contributed by atoms with Gasteiger partial charge in [-0.3, -0.25) is 0 Å². The van der Waals surface area contributed by atoms with E-state index in [0.717, 1.165) is 37.6 Å². The summed E-state index contributed by atoms with van der Waals surface area (Å²) in [5.74, 6) is 1.78. The molecule has 0 aromatic heterocycles. The highest BCUT2D eigenvalue weighted by Crippen LogP contribution is 2.28. The molecule has 1 aliphatic carbocycles. The van der Waals surface area contributed by atoms with Crippen LogP contribution in [0.5, 0.6) is 0 Å². The summed E-state index contributed by atoms with van der Waals surface area (Å²) in [6.45, 7) is 9.78. The van der Waals surface area contributed by atoms with Crippen molar-refractivity contribution in [2.75, 3.05) is 19.8 Å². The largest absolute Gasteiger partial charge is 0.380 e. The number of unbranched alkanes of at least 4 members (excludes halogenated alkanes) is 1. The van der Waals surface area contributed by atoms with Gasteiger partial charge in [-0.1, -0.05) is 27.2 Å². The van der Waals surface area contributed by atoms with E-state index in [-0.39, 0.29) is 0 Å². The molecule has 2 nitrogen and oxygen atoms in total. The minimum absolute atomic E-state index is 0.730. The summed E-state index contributed by atoms with van der Waals surface area (Å²) in [6.07, 6.45) is 6.52. The predicted molar refractivity (Wildman–Crippen MR) is 69.7 cm³/mol. The molecule has 96 valence electrons. The van der Waals surface area contributed by atoms with E-state index in [9.17, 15) is 0 Å². The Bertz CT molecular complexity index is 162. The molecule has 0 aromatic carbocycles. The normalized spacial score (nSPS) is 30.6. The van der Waals surface area contributed by atoms with Crippen LogP contribution in [-0.4, -0.2) is 25.8 Å². The lowest BCUT2D eigenvalue weighted by atomic mass is 9.80. The standard InChI is InChI=1S/C14H29NO/c1-4-5-7-16-8-6-15-14-10-12(2)9-13(3)11-14/h12-15H,4-11H2,1-3H3. The minimum Gasteiger partial charge on any atom is -0.380 e. The van der Waals surface area contributed by atoms with Crippen LogP contribution in [0.4, 0.5) is 0 Å². The maximum atomic E-state index is 5.56. The number of hydrogen-bond donors (Lipinski definition) is 1. The molecule has 0 heterocycles. The van der Waals surface area contributed by atoms with Gasteiger partial charge >= 0.3 is 0 Å². The summed E-state index contributed by atoms with van der Waals surface area (Å²) in [4.78, 5) is 0. The number of ether oxygens (including phenoxy) is 1. The van der Waals surface area contributed by atoms with Crippen molar-refractivity contribution in [3.8, 4) is 0 Å². The van der Waals surface area contributed by atoms with Gasteiger partial charge in [-0.25, -0.2) is 0 Å². The summed E-state index contributed by atoms with van der Waals surface area (Å²) >= 11 is 0. The van der Waals surface area contributed by atoms with Crippen molar-refractivity contribution < 1.29 is 4.74 Å². The Labute approximate surface area is 101 Å². The number of hydrogen-bond acceptors (Lipinski definition) is 2. The Hall–Kier alpha value is -0.0800. The molecule has 1 saturated carbocycles. The van der Waals surface area contributed by atoms with Crippen LogP contribution in [-0.2, 0) is 4.74 Å². The van der Waals surface area contributed by atoms with E-state index in [2.05, 4.69) is 26.1 Å². The first-order valence-electron chi connectivity index (χ1n) is 7.03. The second-order valence-corrected chi connectivity index (χ2v) is 5.53. The average Bonchev–Trinajstić information content (AvgIpc) is 2.22. The van der Waals surface area contributed by atoms with Crippen molar-refractivity contribution >= 4 is 0 Å². The highest BCUT2D eigenvalue weighted by Gasteiger charge is 2.22. The summed E-state index contributed by atoms with van der Waals surface area (Å²) < 4.78 is 5.56. The highest BCUT2D eigenvalue weighted by atomic mass is 16.5. The lowest BCUT2D eigenvalue weighted by Gasteiger charge is -2.32. The molecule has 2 unspecified atom stereocenters. The number of nitrogens with one attached hydrogen (secondary N) is 1. The molecule has 0 saturated heterocycles. The molecule has 2 heteroatoms. The van der Waals surface area contributed by atoms with Gasteiger partial charge in [0.25, 0.3) is 0 Å². The van der Waals surface area contributed by atoms with Gasteiger partial charge in [0.1, 0.15) is 0 Å². The van der Waals surface area contributed by atoms with Crippen LogP contribution in [0, 0.1) is 11.8 Å². The zero-order chi connectivity index (χ0) is 11.8. The van der Waals surface area contributed by atoms with Crippen molar-refractivity contribution in [3.05, 3.63) is 0 Å². The third kappa shape index (κ3) is 5.86. The molecule has 0 aromatic rings. The van der Waals surface area contributed by atoms with E-state index in [0.29, 0.717) is 0 Å². The first-order valence-corrected chi connectivity index (χ1v) is 7.03. The quantitative estimate of drug-likeness (QED) is 0.674. The van der Waals surface area contributed by atoms with E-state index in [1.54, 1.807) is 0 Å². The van der Waals surface area contributed by atoms with Crippen LogP contribution in [0.25, 0.3) is 0 Å². The molecule has 16 heavy (non-hydrogen) atoms. The van der Waals surface area contributed by atoms with Crippen molar-refractivity contribution in [2.24, 2.45) is 11.8 Å². The second kappa shape index (κ2) is 8.08. The molecule has 1 rings (SSSR count). The van der Waals surface area contributed by atoms with E-state index < -0.39 is 0 Å². The Morgan fingerprint density at radius 2 is 1.75 bits per heavy atom. The molecular formula is C14H29NO. The van der Waals surface area contributed by atoms with Crippen LogP contribution in [0.15, 0.2) is 0 Å². The van der Waals surface area contributed by atoms with Crippen molar-refractivity contribution in [1.82, 2.24) is 5.32 Å². The first kappa shape index (κ1) is 14.0. The van der Waals surface area contributed by atoms with Crippen LogP contribution in [0.3, 0.4) is 0 Å². The van der Waals surface area contributed by atoms with E-state index in [1.807, 2.05) is 0 Å². The number of rotatable bonds is 7. The minimum atomic E-state index is 0.730. The lowest BCUT2D eigenvalue weighted by Crippen LogP contribution is -2.38. The van der Waals surface area contributed by atoms with Gasteiger partial charge in [0.15, 0.2) is 0 Å². The Morgan fingerprint density at radius 1 is 1.06 bits per heavy atom. The molecule has 0 bridgehead atoms. The summed E-state index contributed by atoms with van der Waals surface area (Å²) in [5.41, 5.74) is 0. The van der Waals surface area contributed by atoms with Gasteiger partial charge in [0, 0.05) is 19.2 Å². The molecule has 0 spiro atoms. The van der Waals surface area contributed by atoms with Gasteiger partial charge in [-0.15, -0.1) is 0 Å². The topological polar surface area (TPSA) is 21.3 Å². The SMILES string of the molecule is CCCCOCCNC1CC(C)CC(C)C1. The molecule has 0 radical (unpaired) electrons. The van der Waals surface area contributed by atoms with Crippen LogP contribution >= 0.6 is 0 Å². The van der Waals surface area contributed by atoms with E-state index in [4.69, 9.17) is 4.74 Å². The molecule has 1 N–H and O–H groups in total. The fraction of sp³-hybridized carbons (Fsp3) is 1.00. The smallest absolute Gasteiger partial charge is 0.0590 e. The monoisotopic (exact) mass is 227 g/mol. The average molecular weight is 227 g/mol. The zero-order valence-electron chi connectivity index (χ0n) is 11.3. The second-order valence-electron chi connectivity index (χ2n) is 5.53. The van der Waals surface area contributed by atoms with Gasteiger partial charge < -0.3 is 10.1 Å². The molecular weight excluding hydrogens is 198 g/mol. The Morgan fingerprint density at radius 3 is 2.38 bits per heavy atom. The van der Waals surface area contributed by atoms with Crippen molar-refractivity contribution in [2.45, 2.75) is 58.9 Å². The summed E-state index contributed by atoms with van der Waals surface area (Å²) in [6, 6.07) is 0.730. The molecule has 0 aliphatic heterocycles. The lowest BCUT2D eigenvalue weighted by molar-refractivity contribution is 0.126. The summed E-state index contributed by atoms with van der Waals surface area (Å²) in [7, 11) is 0. The van der Waals surface area contributed by atoms with Gasteiger partial charge in [0.2, 0.25) is 0 Å². The first-order chi connectivity index (χ1) is 7.72. The third-order valence-corrected chi connectivity index (χ3v) is 3.50. The Balaban J connectivity index is 1.99. The fourth-order valence-corrected chi connectivity index (χ4v) is 2.80. The van der Waals surface area contributed by atoms with Gasteiger partial charge in [-0.05, 0) is 37.5 Å². The van der Waals surface area contributed by atoms with Crippen molar-refractivity contribution in [3.63, 3.8) is 0 Å². The molecule has 0 amide bonds.